The van der Waals surface area contributed by atoms with Gasteiger partial charge in [-0.05, 0) is 35.3 Å². The van der Waals surface area contributed by atoms with Crippen LogP contribution in [0.3, 0.4) is 0 Å². The summed E-state index contributed by atoms with van der Waals surface area (Å²) in [6, 6.07) is 2.96. The molecule has 2 aromatic rings. The van der Waals surface area contributed by atoms with Gasteiger partial charge in [0, 0.05) is 16.1 Å². The molecule has 1 heterocycles. The summed E-state index contributed by atoms with van der Waals surface area (Å²) < 4.78 is 2.20. The van der Waals surface area contributed by atoms with Crippen LogP contribution in [0.25, 0.3) is 5.69 Å². The minimum atomic E-state index is -0.416. The van der Waals surface area contributed by atoms with Crippen LogP contribution in [0.4, 0.5) is 5.69 Å². The molecule has 8 heteroatoms. The van der Waals surface area contributed by atoms with Gasteiger partial charge in [-0.1, -0.05) is 12.1 Å². The van der Waals surface area contributed by atoms with Gasteiger partial charge in [0.25, 0.3) is 5.69 Å². The first kappa shape index (κ1) is 14.6. The monoisotopic (exact) mass is 339 g/mol. The molecule has 0 radical (unpaired) electrons. The molecule has 106 valence electrons. The summed E-state index contributed by atoms with van der Waals surface area (Å²) in [7, 11) is 0. The quantitative estimate of drug-likeness (QED) is 0.681. The van der Waals surface area contributed by atoms with E-state index in [1.54, 1.807) is 19.2 Å². The van der Waals surface area contributed by atoms with Crippen LogP contribution in [0.1, 0.15) is 30.6 Å². The van der Waals surface area contributed by atoms with Crippen molar-refractivity contribution in [2.24, 2.45) is 5.73 Å². The van der Waals surface area contributed by atoms with E-state index >= 15 is 0 Å². The number of nitro groups is 1. The van der Waals surface area contributed by atoms with Crippen molar-refractivity contribution in [3.63, 3.8) is 0 Å². The minimum Gasteiger partial charge on any atom is -0.323 e. The fourth-order valence-electron chi connectivity index (χ4n) is 1.80. The molecule has 1 atom stereocenters. The van der Waals surface area contributed by atoms with Crippen molar-refractivity contribution in [1.29, 1.82) is 0 Å². The molecular formula is C12H14BrN5O2. The number of nitrogens with two attached hydrogens (primary N) is 1. The second-order valence-electron chi connectivity index (χ2n) is 4.45. The van der Waals surface area contributed by atoms with E-state index < -0.39 is 4.92 Å². The molecule has 0 aliphatic carbocycles. The Morgan fingerprint density at radius 3 is 2.85 bits per heavy atom. The molecule has 0 spiro atoms. The highest BCUT2D eigenvalue weighted by Gasteiger charge is 2.17. The summed E-state index contributed by atoms with van der Waals surface area (Å²) in [6.45, 7) is 3.64. The van der Waals surface area contributed by atoms with Crippen LogP contribution in [-0.4, -0.2) is 19.9 Å². The normalized spacial score (nSPS) is 12.4. The summed E-state index contributed by atoms with van der Waals surface area (Å²) in [5.41, 5.74) is 7.73. The lowest BCUT2D eigenvalue weighted by Crippen LogP contribution is -2.08. The van der Waals surface area contributed by atoms with Gasteiger partial charge in [0.2, 0.25) is 0 Å². The molecule has 0 aliphatic rings. The smallest absolute Gasteiger partial charge is 0.274 e. The van der Waals surface area contributed by atoms with Gasteiger partial charge >= 0.3 is 0 Å². The third-order valence-electron chi connectivity index (χ3n) is 3.04. The maximum atomic E-state index is 11.0. The molecule has 0 amide bonds. The molecule has 2 rings (SSSR count). The van der Waals surface area contributed by atoms with Crippen LogP contribution in [0.15, 0.2) is 22.8 Å². The van der Waals surface area contributed by atoms with E-state index in [1.165, 1.54) is 10.7 Å². The van der Waals surface area contributed by atoms with Gasteiger partial charge in [0.15, 0.2) is 0 Å². The fraction of sp³-hybridized carbons (Fsp3) is 0.333. The standard InChI is InChI=1S/C12H14BrN5O2/c1-3-9(14)10-6-17(16-15-10)12-5-11(18(19)20)7(2)4-8(12)13/h4-6,9H,3,14H2,1-2H3. The van der Waals surface area contributed by atoms with Crippen LogP contribution in [-0.2, 0) is 0 Å². The number of hydrogen-bond donors (Lipinski definition) is 1. The predicted octanol–water partition coefficient (Wildman–Crippen LogP) is 2.66. The molecule has 0 fully saturated rings. The van der Waals surface area contributed by atoms with Crippen LogP contribution >= 0.6 is 15.9 Å². The SMILES string of the molecule is CCC(N)c1cn(-c2cc([N+](=O)[O-])c(C)cc2Br)nn1. The zero-order chi connectivity index (χ0) is 14.9. The van der Waals surface area contributed by atoms with E-state index in [-0.39, 0.29) is 11.7 Å². The van der Waals surface area contributed by atoms with E-state index in [9.17, 15) is 10.1 Å². The van der Waals surface area contributed by atoms with Gasteiger partial charge in [0.1, 0.15) is 0 Å². The van der Waals surface area contributed by atoms with Gasteiger partial charge in [0.05, 0.1) is 28.5 Å². The van der Waals surface area contributed by atoms with Gasteiger partial charge in [-0.2, -0.15) is 0 Å². The van der Waals surface area contributed by atoms with Gasteiger partial charge < -0.3 is 5.73 Å². The minimum absolute atomic E-state index is 0.0417. The van der Waals surface area contributed by atoms with Gasteiger partial charge in [-0.25, -0.2) is 4.68 Å². The van der Waals surface area contributed by atoms with Gasteiger partial charge in [-0.3, -0.25) is 10.1 Å². The van der Waals surface area contributed by atoms with E-state index in [2.05, 4.69) is 26.2 Å². The Bertz CT molecular complexity index is 655. The second-order valence-corrected chi connectivity index (χ2v) is 5.30. The zero-order valence-electron chi connectivity index (χ0n) is 11.1. The summed E-state index contributed by atoms with van der Waals surface area (Å²) >= 11 is 3.39. The van der Waals surface area contributed by atoms with E-state index in [0.29, 0.717) is 21.4 Å². The average Bonchev–Trinajstić information content (AvgIpc) is 2.86. The lowest BCUT2D eigenvalue weighted by molar-refractivity contribution is -0.385. The number of nitrogens with zero attached hydrogens (tertiary/aromatic N) is 4. The molecule has 2 N–H and O–H groups in total. The zero-order valence-corrected chi connectivity index (χ0v) is 12.7. The number of aryl methyl sites for hydroxylation is 1. The lowest BCUT2D eigenvalue weighted by atomic mass is 10.2. The Morgan fingerprint density at radius 1 is 1.55 bits per heavy atom. The van der Waals surface area contributed by atoms with E-state index in [0.717, 1.165) is 6.42 Å². The van der Waals surface area contributed by atoms with Crippen LogP contribution in [0, 0.1) is 17.0 Å². The van der Waals surface area contributed by atoms with Crippen molar-refractivity contribution in [1.82, 2.24) is 15.0 Å². The average molecular weight is 340 g/mol. The van der Waals surface area contributed by atoms with Crippen LogP contribution < -0.4 is 5.73 Å². The Kier molecular flexibility index (Phi) is 4.15. The highest BCUT2D eigenvalue weighted by atomic mass is 79.9. The fourth-order valence-corrected chi connectivity index (χ4v) is 2.44. The molecule has 0 saturated carbocycles. The highest BCUT2D eigenvalue weighted by Crippen LogP contribution is 2.29. The maximum absolute atomic E-state index is 11.0. The summed E-state index contributed by atoms with van der Waals surface area (Å²) in [5, 5.41) is 19.0. The van der Waals surface area contributed by atoms with E-state index in [1.807, 2.05) is 6.92 Å². The first-order chi connectivity index (χ1) is 9.43. The maximum Gasteiger partial charge on any atom is 0.274 e. The number of rotatable bonds is 4. The number of hydrogen-bond acceptors (Lipinski definition) is 5. The third-order valence-corrected chi connectivity index (χ3v) is 3.67. The molecule has 1 aromatic heterocycles. The summed E-state index contributed by atoms with van der Waals surface area (Å²) in [4.78, 5) is 10.6. The van der Waals surface area contributed by atoms with Crippen molar-refractivity contribution in [2.75, 3.05) is 0 Å². The van der Waals surface area contributed by atoms with Crippen molar-refractivity contribution >= 4 is 21.6 Å². The first-order valence-electron chi connectivity index (χ1n) is 6.06. The van der Waals surface area contributed by atoms with Crippen LogP contribution in [0.5, 0.6) is 0 Å². The van der Waals surface area contributed by atoms with E-state index in [4.69, 9.17) is 5.73 Å². The van der Waals surface area contributed by atoms with Crippen molar-refractivity contribution < 1.29 is 4.92 Å². The number of aromatic nitrogens is 3. The first-order valence-corrected chi connectivity index (χ1v) is 6.86. The Balaban J connectivity index is 2.49. The Hall–Kier alpha value is -1.80. The topological polar surface area (TPSA) is 99.9 Å². The predicted molar refractivity (Wildman–Crippen MR) is 77.7 cm³/mol. The largest absolute Gasteiger partial charge is 0.323 e. The molecule has 7 nitrogen and oxygen atoms in total. The third kappa shape index (κ3) is 2.70. The van der Waals surface area contributed by atoms with Gasteiger partial charge in [-0.15, -0.1) is 5.10 Å². The molecule has 1 aromatic carbocycles. The highest BCUT2D eigenvalue weighted by molar-refractivity contribution is 9.10. The van der Waals surface area contributed by atoms with Crippen molar-refractivity contribution in [3.8, 4) is 5.69 Å². The Labute approximate surface area is 124 Å². The number of halogens is 1. The van der Waals surface area contributed by atoms with Crippen molar-refractivity contribution in [3.05, 3.63) is 44.2 Å². The molecular weight excluding hydrogens is 326 g/mol. The molecule has 0 bridgehead atoms. The summed E-state index contributed by atoms with van der Waals surface area (Å²) in [5.74, 6) is 0. The van der Waals surface area contributed by atoms with Crippen molar-refractivity contribution in [2.45, 2.75) is 26.3 Å². The Morgan fingerprint density at radius 2 is 2.25 bits per heavy atom. The summed E-state index contributed by atoms with van der Waals surface area (Å²) in [6.07, 6.45) is 2.43. The lowest BCUT2D eigenvalue weighted by Gasteiger charge is -2.06. The number of benzene rings is 1. The molecule has 20 heavy (non-hydrogen) atoms. The van der Waals surface area contributed by atoms with Crippen LogP contribution in [0.2, 0.25) is 0 Å². The molecule has 0 saturated heterocycles. The second kappa shape index (κ2) is 5.68. The molecule has 0 aliphatic heterocycles. The molecule has 1 unspecified atom stereocenters. The number of nitro benzene ring substituents is 1.